The molecule has 182 valence electrons. The molecular weight excluding hydrogens is 470 g/mol. The van der Waals surface area contributed by atoms with Crippen molar-refractivity contribution in [1.82, 2.24) is 19.7 Å². The summed E-state index contributed by atoms with van der Waals surface area (Å²) in [6.07, 6.45) is 3.45. The van der Waals surface area contributed by atoms with E-state index in [9.17, 15) is 19.6 Å². The molecule has 3 heterocycles. The van der Waals surface area contributed by atoms with E-state index in [4.69, 9.17) is 4.74 Å². The van der Waals surface area contributed by atoms with Gasteiger partial charge in [0.1, 0.15) is 10.7 Å². The molecular formula is C23H25N7O4S. The number of carbonyl (C=O) groups excluding carboxylic acids is 3. The first-order chi connectivity index (χ1) is 16.7. The number of ether oxygens (including phenoxy) is 1. The molecule has 35 heavy (non-hydrogen) atoms. The molecule has 0 spiro atoms. The molecule has 1 atom stereocenters. The number of aromatic nitrogens is 4. The van der Waals surface area contributed by atoms with Crippen LogP contribution < -0.4 is 10.2 Å². The van der Waals surface area contributed by atoms with Crippen LogP contribution in [0.25, 0.3) is 11.3 Å². The lowest BCUT2D eigenvalue weighted by molar-refractivity contribution is -0.116. The molecule has 3 aromatic heterocycles. The number of thiazole rings is 1. The molecule has 0 aromatic carbocycles. The number of hydrogen-bond donors (Lipinski definition) is 1. The Bertz CT molecular complexity index is 1260. The van der Waals surface area contributed by atoms with E-state index in [1.807, 2.05) is 6.07 Å². The van der Waals surface area contributed by atoms with Gasteiger partial charge in [0.2, 0.25) is 12.3 Å². The molecule has 0 unspecified atom stereocenters. The van der Waals surface area contributed by atoms with E-state index in [1.54, 1.807) is 63.1 Å². The lowest BCUT2D eigenvalue weighted by Crippen LogP contribution is -2.37. The van der Waals surface area contributed by atoms with Crippen LogP contribution in [0.1, 0.15) is 42.1 Å². The summed E-state index contributed by atoms with van der Waals surface area (Å²) in [7, 11) is 1.78. The third-order valence-corrected chi connectivity index (χ3v) is 5.88. The van der Waals surface area contributed by atoms with Crippen molar-refractivity contribution in [3.8, 4) is 17.3 Å². The van der Waals surface area contributed by atoms with Crippen LogP contribution in [-0.2, 0) is 21.4 Å². The fourth-order valence-corrected chi connectivity index (χ4v) is 4.14. The molecule has 0 aliphatic heterocycles. The van der Waals surface area contributed by atoms with Crippen molar-refractivity contribution in [2.75, 3.05) is 10.2 Å². The number of hydrogen-bond acceptors (Lipinski definition) is 9. The summed E-state index contributed by atoms with van der Waals surface area (Å²) >= 11 is 1.00. The molecule has 11 nitrogen and oxygen atoms in total. The fraction of sp³-hybridized carbons (Fsp3) is 0.348. The SMILES string of the molecule is Cc1nc(NC(=O)C[C@@H](CC#N)N(C=O)c2cccc(-c3cnn(C)c3)n2)sc1C(=O)OC(C)C. The van der Waals surface area contributed by atoms with E-state index in [0.717, 1.165) is 16.9 Å². The van der Waals surface area contributed by atoms with E-state index in [0.29, 0.717) is 28.5 Å². The zero-order valence-electron chi connectivity index (χ0n) is 19.8. The van der Waals surface area contributed by atoms with Crippen molar-refractivity contribution >= 4 is 40.6 Å². The first-order valence-corrected chi connectivity index (χ1v) is 11.6. The summed E-state index contributed by atoms with van der Waals surface area (Å²) in [5.74, 6) is -0.666. The van der Waals surface area contributed by atoms with Crippen molar-refractivity contribution in [3.63, 3.8) is 0 Å². The van der Waals surface area contributed by atoms with Crippen LogP contribution in [0, 0.1) is 18.3 Å². The van der Waals surface area contributed by atoms with Crippen LogP contribution in [0.5, 0.6) is 0 Å². The summed E-state index contributed by atoms with van der Waals surface area (Å²) in [4.78, 5) is 47.3. The largest absolute Gasteiger partial charge is 0.459 e. The minimum atomic E-state index is -0.763. The number of aryl methyl sites for hydroxylation is 2. The molecule has 0 fully saturated rings. The third kappa shape index (κ3) is 6.48. The number of esters is 1. The quantitative estimate of drug-likeness (QED) is 0.334. The predicted octanol–water partition coefficient (Wildman–Crippen LogP) is 3.09. The van der Waals surface area contributed by atoms with Crippen LogP contribution in [0.15, 0.2) is 30.6 Å². The van der Waals surface area contributed by atoms with Crippen LogP contribution in [0.2, 0.25) is 0 Å². The van der Waals surface area contributed by atoms with E-state index >= 15 is 0 Å². The number of carbonyl (C=O) groups is 3. The Balaban J connectivity index is 1.76. The van der Waals surface area contributed by atoms with Gasteiger partial charge < -0.3 is 10.1 Å². The van der Waals surface area contributed by atoms with E-state index in [-0.39, 0.29) is 24.1 Å². The second-order valence-corrected chi connectivity index (χ2v) is 8.95. The lowest BCUT2D eigenvalue weighted by Gasteiger charge is -2.25. The zero-order valence-corrected chi connectivity index (χ0v) is 20.6. The second kappa shape index (κ2) is 11.3. The van der Waals surface area contributed by atoms with Crippen LogP contribution in [0.4, 0.5) is 10.9 Å². The Hall–Kier alpha value is -4.11. The van der Waals surface area contributed by atoms with Gasteiger partial charge in [0.05, 0.1) is 42.2 Å². The maximum Gasteiger partial charge on any atom is 0.350 e. The molecule has 0 aliphatic rings. The monoisotopic (exact) mass is 495 g/mol. The van der Waals surface area contributed by atoms with Crippen molar-refractivity contribution in [2.24, 2.45) is 7.05 Å². The van der Waals surface area contributed by atoms with Gasteiger partial charge in [-0.25, -0.2) is 14.8 Å². The Morgan fingerprint density at radius 3 is 2.74 bits per heavy atom. The standard InChI is InChI=1S/C23H25N7O4S/c1-14(2)34-22(33)21-15(3)26-23(35-21)28-20(32)10-17(8-9-24)30(13-31)19-7-5-6-18(27-19)16-11-25-29(4)12-16/h5-7,11-14,17H,8,10H2,1-4H3,(H,26,28,32)/t17-/m1/s1. The molecule has 0 saturated carbocycles. The summed E-state index contributed by atoms with van der Waals surface area (Å²) in [6.45, 7) is 5.13. The van der Waals surface area contributed by atoms with Gasteiger partial charge in [0, 0.05) is 25.2 Å². The minimum absolute atomic E-state index is 0.0895. The number of anilines is 2. The smallest absolute Gasteiger partial charge is 0.350 e. The van der Waals surface area contributed by atoms with Crippen LogP contribution in [-0.4, -0.2) is 50.2 Å². The molecule has 0 radical (unpaired) electrons. The highest BCUT2D eigenvalue weighted by atomic mass is 32.1. The highest BCUT2D eigenvalue weighted by molar-refractivity contribution is 7.17. The maximum atomic E-state index is 12.8. The van der Waals surface area contributed by atoms with Crippen molar-refractivity contribution in [3.05, 3.63) is 41.2 Å². The second-order valence-electron chi connectivity index (χ2n) is 7.95. The van der Waals surface area contributed by atoms with Gasteiger partial charge in [-0.3, -0.25) is 19.2 Å². The van der Waals surface area contributed by atoms with E-state index < -0.39 is 17.9 Å². The molecule has 1 N–H and O–H groups in total. The molecule has 0 aliphatic carbocycles. The molecule has 12 heteroatoms. The zero-order chi connectivity index (χ0) is 25.5. The fourth-order valence-electron chi connectivity index (χ4n) is 3.27. The number of nitrogens with zero attached hydrogens (tertiary/aromatic N) is 6. The Kier molecular flexibility index (Phi) is 8.27. The predicted molar refractivity (Wildman–Crippen MR) is 130 cm³/mol. The Morgan fingerprint density at radius 2 is 2.11 bits per heavy atom. The van der Waals surface area contributed by atoms with Crippen molar-refractivity contribution in [1.29, 1.82) is 5.26 Å². The van der Waals surface area contributed by atoms with Gasteiger partial charge in [-0.05, 0) is 32.9 Å². The minimum Gasteiger partial charge on any atom is -0.459 e. The summed E-state index contributed by atoms with van der Waals surface area (Å²) in [5, 5.41) is 16.3. The number of nitriles is 1. The van der Waals surface area contributed by atoms with Crippen LogP contribution in [0.3, 0.4) is 0 Å². The number of pyridine rings is 1. The Labute approximate surface area is 206 Å². The van der Waals surface area contributed by atoms with Crippen molar-refractivity contribution < 1.29 is 19.1 Å². The van der Waals surface area contributed by atoms with Crippen LogP contribution >= 0.6 is 11.3 Å². The van der Waals surface area contributed by atoms with E-state index in [2.05, 4.69) is 20.4 Å². The molecule has 0 saturated heterocycles. The third-order valence-electron chi connectivity index (χ3n) is 4.83. The lowest BCUT2D eigenvalue weighted by atomic mass is 10.1. The van der Waals surface area contributed by atoms with Gasteiger partial charge >= 0.3 is 5.97 Å². The number of rotatable bonds is 10. The van der Waals surface area contributed by atoms with Gasteiger partial charge in [-0.1, -0.05) is 17.4 Å². The topological polar surface area (TPSA) is 143 Å². The van der Waals surface area contributed by atoms with Gasteiger partial charge in [0.15, 0.2) is 5.13 Å². The molecule has 2 amide bonds. The molecule has 3 rings (SSSR count). The van der Waals surface area contributed by atoms with Crippen molar-refractivity contribution in [2.45, 2.75) is 45.8 Å². The van der Waals surface area contributed by atoms with Gasteiger partial charge in [-0.2, -0.15) is 10.4 Å². The first-order valence-electron chi connectivity index (χ1n) is 10.8. The summed E-state index contributed by atoms with van der Waals surface area (Å²) < 4.78 is 6.83. The first kappa shape index (κ1) is 25.5. The van der Waals surface area contributed by atoms with Gasteiger partial charge in [-0.15, -0.1) is 0 Å². The summed E-state index contributed by atoms with van der Waals surface area (Å²) in [6, 6.07) is 6.41. The summed E-state index contributed by atoms with van der Waals surface area (Å²) in [5.41, 5.74) is 1.80. The number of nitrogens with one attached hydrogen (secondary N) is 1. The average Bonchev–Trinajstić information content (AvgIpc) is 3.39. The normalized spacial score (nSPS) is 11.5. The van der Waals surface area contributed by atoms with Gasteiger partial charge in [0.25, 0.3) is 0 Å². The number of amides is 2. The molecule has 3 aromatic rings. The maximum absolute atomic E-state index is 12.8. The molecule has 0 bridgehead atoms. The average molecular weight is 496 g/mol. The van der Waals surface area contributed by atoms with E-state index in [1.165, 1.54) is 4.90 Å². The highest BCUT2D eigenvalue weighted by Crippen LogP contribution is 2.25. The Morgan fingerprint density at radius 1 is 1.34 bits per heavy atom. The highest BCUT2D eigenvalue weighted by Gasteiger charge is 2.25.